The Kier molecular flexibility index (Phi) is 6.64. The molecule has 0 aromatic heterocycles. The van der Waals surface area contributed by atoms with E-state index in [9.17, 15) is 26.7 Å². The zero-order valence-electron chi connectivity index (χ0n) is 16.7. The van der Waals surface area contributed by atoms with Crippen LogP contribution < -0.4 is 10.1 Å². The van der Waals surface area contributed by atoms with Gasteiger partial charge in [-0.25, -0.2) is 8.78 Å². The number of ether oxygens (including phenoxy) is 1. The third-order valence-electron chi connectivity index (χ3n) is 5.26. The summed E-state index contributed by atoms with van der Waals surface area (Å²) in [5.74, 6) is -4.08. The van der Waals surface area contributed by atoms with E-state index in [1.54, 1.807) is 19.1 Å². The molecule has 0 aliphatic carbocycles. The molecule has 0 saturated carbocycles. The molecule has 1 atom stereocenters. The molecule has 0 radical (unpaired) electrons. The summed E-state index contributed by atoms with van der Waals surface area (Å²) in [7, 11) is 1.16. The third-order valence-corrected chi connectivity index (χ3v) is 5.57. The van der Waals surface area contributed by atoms with Gasteiger partial charge in [0, 0.05) is 19.1 Å². The van der Waals surface area contributed by atoms with E-state index in [2.05, 4.69) is 10.1 Å². The van der Waals surface area contributed by atoms with Crippen LogP contribution in [0.2, 0.25) is 5.02 Å². The fraction of sp³-hybridized carbons (Fsp3) is 0.381. The van der Waals surface area contributed by atoms with Crippen LogP contribution in [0.3, 0.4) is 0 Å². The fourth-order valence-corrected chi connectivity index (χ4v) is 3.89. The molecule has 31 heavy (non-hydrogen) atoms. The number of anilines is 1. The molecular weight excluding hydrogens is 443 g/mol. The Morgan fingerprint density at radius 2 is 1.77 bits per heavy atom. The average Bonchev–Trinajstić information content (AvgIpc) is 2.91. The maximum absolute atomic E-state index is 14.1. The molecule has 1 unspecified atom stereocenters. The summed E-state index contributed by atoms with van der Waals surface area (Å²) in [4.78, 5) is 12.4. The molecular formula is C21H20ClF5N2O2. The predicted molar refractivity (Wildman–Crippen MR) is 106 cm³/mol. The molecule has 3 rings (SSSR count). The van der Waals surface area contributed by atoms with Crippen molar-refractivity contribution in [3.63, 3.8) is 0 Å². The van der Waals surface area contributed by atoms with Crippen molar-refractivity contribution < 1.29 is 31.5 Å². The minimum atomic E-state index is -4.94. The number of amides is 1. The molecule has 0 fully saturated rings. The molecule has 0 saturated heterocycles. The summed E-state index contributed by atoms with van der Waals surface area (Å²) in [5.41, 5.74) is 2.19. The van der Waals surface area contributed by atoms with Crippen molar-refractivity contribution in [2.24, 2.45) is 0 Å². The molecule has 1 aliphatic rings. The van der Waals surface area contributed by atoms with Gasteiger partial charge in [-0.1, -0.05) is 17.7 Å². The largest absolute Gasteiger partial charge is 0.491 e. The highest BCUT2D eigenvalue weighted by molar-refractivity contribution is 6.33. The Labute approximate surface area is 180 Å². The summed E-state index contributed by atoms with van der Waals surface area (Å²) in [6.45, 7) is 1.48. The van der Waals surface area contributed by atoms with E-state index in [4.69, 9.17) is 11.6 Å². The maximum atomic E-state index is 14.1. The lowest BCUT2D eigenvalue weighted by Crippen LogP contribution is -2.42. The Morgan fingerprint density at radius 1 is 1.16 bits per heavy atom. The lowest BCUT2D eigenvalue weighted by molar-refractivity contribution is -0.185. The van der Waals surface area contributed by atoms with Crippen molar-refractivity contribution in [3.05, 3.63) is 57.6 Å². The van der Waals surface area contributed by atoms with Crippen molar-refractivity contribution in [1.82, 2.24) is 4.90 Å². The Balaban J connectivity index is 1.87. The van der Waals surface area contributed by atoms with E-state index in [1.807, 2.05) is 0 Å². The molecule has 1 amide bonds. The molecule has 168 valence electrons. The van der Waals surface area contributed by atoms with E-state index in [-0.39, 0.29) is 25.9 Å². The standard InChI is InChI=1S/C21H20ClF5N2O2/c1-11(13-9-16(23)19(31-2)17(24)10-13)28-18-14-6-8-29(20(30)21(25,26)27)7-5-12(14)3-4-15(18)22/h3-4,9-11,28H,5-8H2,1-2H3. The first kappa shape index (κ1) is 23.1. The van der Waals surface area contributed by atoms with Gasteiger partial charge in [-0.2, -0.15) is 13.2 Å². The van der Waals surface area contributed by atoms with Crippen LogP contribution in [-0.2, 0) is 17.6 Å². The lowest BCUT2D eigenvalue weighted by atomic mass is 9.99. The van der Waals surface area contributed by atoms with Crippen LogP contribution in [0.4, 0.5) is 27.6 Å². The van der Waals surface area contributed by atoms with Crippen LogP contribution >= 0.6 is 11.6 Å². The van der Waals surface area contributed by atoms with Gasteiger partial charge < -0.3 is 15.0 Å². The van der Waals surface area contributed by atoms with Gasteiger partial charge in [-0.15, -0.1) is 0 Å². The topological polar surface area (TPSA) is 41.6 Å². The normalized spacial score (nSPS) is 15.2. The van der Waals surface area contributed by atoms with E-state index in [0.717, 1.165) is 29.7 Å². The highest BCUT2D eigenvalue weighted by atomic mass is 35.5. The second-order valence-electron chi connectivity index (χ2n) is 7.23. The van der Waals surface area contributed by atoms with Gasteiger partial charge in [-0.05, 0) is 54.7 Å². The number of fused-ring (bicyclic) bond motifs is 1. The van der Waals surface area contributed by atoms with Crippen LogP contribution in [0.1, 0.15) is 29.7 Å². The van der Waals surface area contributed by atoms with Crippen LogP contribution in [0.25, 0.3) is 0 Å². The van der Waals surface area contributed by atoms with E-state index < -0.39 is 35.5 Å². The lowest BCUT2D eigenvalue weighted by Gasteiger charge is -2.22. The highest BCUT2D eigenvalue weighted by Crippen LogP contribution is 2.35. The third kappa shape index (κ3) is 4.87. The second-order valence-corrected chi connectivity index (χ2v) is 7.64. The predicted octanol–water partition coefficient (Wildman–Crippen LogP) is 5.29. The first-order chi connectivity index (χ1) is 14.5. The Hall–Kier alpha value is -2.55. The quantitative estimate of drug-likeness (QED) is 0.628. The zero-order valence-corrected chi connectivity index (χ0v) is 17.5. The minimum absolute atomic E-state index is 0.0725. The summed E-state index contributed by atoms with van der Waals surface area (Å²) >= 11 is 6.34. The van der Waals surface area contributed by atoms with Crippen LogP contribution in [0.15, 0.2) is 24.3 Å². The monoisotopic (exact) mass is 462 g/mol. The number of hydrogen-bond donors (Lipinski definition) is 1. The van der Waals surface area contributed by atoms with Gasteiger partial charge in [0.15, 0.2) is 17.4 Å². The number of halogens is 6. The number of rotatable bonds is 4. The van der Waals surface area contributed by atoms with Gasteiger partial charge in [0.1, 0.15) is 0 Å². The molecule has 2 aromatic rings. The number of methoxy groups -OCH3 is 1. The first-order valence-electron chi connectivity index (χ1n) is 9.48. The Morgan fingerprint density at radius 3 is 2.35 bits per heavy atom. The summed E-state index contributed by atoms with van der Waals surface area (Å²) in [5, 5.41) is 3.43. The number of benzene rings is 2. The van der Waals surface area contributed by atoms with E-state index in [0.29, 0.717) is 21.8 Å². The molecule has 1 aliphatic heterocycles. The van der Waals surface area contributed by atoms with E-state index >= 15 is 0 Å². The highest BCUT2D eigenvalue weighted by Gasteiger charge is 2.42. The van der Waals surface area contributed by atoms with Crippen LogP contribution in [0.5, 0.6) is 5.75 Å². The maximum Gasteiger partial charge on any atom is 0.471 e. The molecule has 2 aromatic carbocycles. The zero-order chi connectivity index (χ0) is 22.9. The fourth-order valence-electron chi connectivity index (χ4n) is 3.66. The van der Waals surface area contributed by atoms with Gasteiger partial charge in [0.05, 0.1) is 17.8 Å². The summed E-state index contributed by atoms with van der Waals surface area (Å²) < 4.78 is 71.3. The van der Waals surface area contributed by atoms with Crippen LogP contribution in [0, 0.1) is 11.6 Å². The van der Waals surface area contributed by atoms with Gasteiger partial charge in [0.25, 0.3) is 0 Å². The number of hydrogen-bond acceptors (Lipinski definition) is 3. The number of nitrogens with zero attached hydrogens (tertiary/aromatic N) is 1. The first-order valence-corrected chi connectivity index (χ1v) is 9.86. The molecule has 1 N–H and O–H groups in total. The number of carbonyl (C=O) groups excluding carboxylic acids is 1. The number of alkyl halides is 3. The van der Waals surface area contributed by atoms with Crippen molar-refractivity contribution in [1.29, 1.82) is 0 Å². The van der Waals surface area contributed by atoms with Crippen molar-refractivity contribution in [3.8, 4) is 5.75 Å². The van der Waals surface area contributed by atoms with Gasteiger partial charge in [-0.3, -0.25) is 4.79 Å². The van der Waals surface area contributed by atoms with E-state index in [1.165, 1.54) is 0 Å². The molecule has 4 nitrogen and oxygen atoms in total. The number of carbonyl (C=O) groups is 1. The Bertz CT molecular complexity index is 973. The van der Waals surface area contributed by atoms with Crippen molar-refractivity contribution >= 4 is 23.2 Å². The van der Waals surface area contributed by atoms with Gasteiger partial charge >= 0.3 is 12.1 Å². The average molecular weight is 463 g/mol. The molecule has 0 spiro atoms. The van der Waals surface area contributed by atoms with Gasteiger partial charge in [0.2, 0.25) is 0 Å². The molecule has 0 bridgehead atoms. The second kappa shape index (κ2) is 8.90. The molecule has 10 heteroatoms. The summed E-state index contributed by atoms with van der Waals surface area (Å²) in [6, 6.07) is 5.01. The molecule has 1 heterocycles. The smallest absolute Gasteiger partial charge is 0.471 e. The minimum Gasteiger partial charge on any atom is -0.491 e. The summed E-state index contributed by atoms with van der Waals surface area (Å²) in [6.07, 6.45) is -4.56. The SMILES string of the molecule is COc1c(F)cc(C(C)Nc2c(Cl)ccc3c2CCN(C(=O)C(F)(F)F)CC3)cc1F. The number of nitrogens with one attached hydrogen (secondary N) is 1. The van der Waals surface area contributed by atoms with Crippen molar-refractivity contribution in [2.75, 3.05) is 25.5 Å². The van der Waals surface area contributed by atoms with Crippen molar-refractivity contribution in [2.45, 2.75) is 32.0 Å². The van der Waals surface area contributed by atoms with Crippen LogP contribution in [-0.4, -0.2) is 37.2 Å².